The molecule has 0 saturated carbocycles. The zero-order chi connectivity index (χ0) is 13.7. The van der Waals surface area contributed by atoms with Gasteiger partial charge in [0, 0.05) is 6.20 Å². The molecule has 19 heavy (non-hydrogen) atoms. The Bertz CT molecular complexity index is 538. The van der Waals surface area contributed by atoms with Crippen molar-refractivity contribution in [1.82, 2.24) is 4.98 Å². The number of amides is 1. The summed E-state index contributed by atoms with van der Waals surface area (Å²) in [6.07, 6.45) is 2.68. The maximum absolute atomic E-state index is 11.9. The molecule has 2 rings (SSSR count). The van der Waals surface area contributed by atoms with Crippen LogP contribution in [0.25, 0.3) is 0 Å². The van der Waals surface area contributed by atoms with Gasteiger partial charge >= 0.3 is 0 Å². The first-order chi connectivity index (χ1) is 9.15. The van der Waals surface area contributed by atoms with E-state index in [1.54, 1.807) is 31.5 Å². The van der Waals surface area contributed by atoms with Gasteiger partial charge in [0.25, 0.3) is 5.91 Å². The average Bonchev–Trinajstić information content (AvgIpc) is 2.42. The third-order valence-corrected chi connectivity index (χ3v) is 2.63. The lowest BCUT2D eigenvalue weighted by atomic mass is 10.2. The van der Waals surface area contributed by atoms with Gasteiger partial charge in [-0.3, -0.25) is 9.78 Å². The number of aromatic nitrogens is 1. The van der Waals surface area contributed by atoms with Crippen molar-refractivity contribution in [3.8, 4) is 5.75 Å². The SMILES string of the molecule is Cc1ccc(O[C@@H](C)C(=O)Nc2cccnc2)cc1. The number of carbonyl (C=O) groups excluding carboxylic acids is 1. The van der Waals surface area contributed by atoms with Crippen molar-refractivity contribution in [2.24, 2.45) is 0 Å². The van der Waals surface area contributed by atoms with Crippen molar-refractivity contribution in [2.75, 3.05) is 5.32 Å². The van der Waals surface area contributed by atoms with E-state index in [4.69, 9.17) is 4.74 Å². The molecule has 1 N–H and O–H groups in total. The maximum Gasteiger partial charge on any atom is 0.265 e. The van der Waals surface area contributed by atoms with Crippen molar-refractivity contribution < 1.29 is 9.53 Å². The third-order valence-electron chi connectivity index (χ3n) is 2.63. The highest BCUT2D eigenvalue weighted by atomic mass is 16.5. The molecule has 4 heteroatoms. The van der Waals surface area contributed by atoms with E-state index in [1.807, 2.05) is 31.2 Å². The minimum absolute atomic E-state index is 0.200. The van der Waals surface area contributed by atoms with Crippen LogP contribution in [-0.2, 0) is 4.79 Å². The Morgan fingerprint density at radius 1 is 1.26 bits per heavy atom. The molecular weight excluding hydrogens is 240 g/mol. The molecule has 1 heterocycles. The number of aryl methyl sites for hydroxylation is 1. The van der Waals surface area contributed by atoms with Crippen LogP contribution in [0.3, 0.4) is 0 Å². The summed E-state index contributed by atoms with van der Waals surface area (Å²) in [5.41, 5.74) is 1.81. The van der Waals surface area contributed by atoms with Crippen LogP contribution in [0.5, 0.6) is 5.75 Å². The first-order valence-corrected chi connectivity index (χ1v) is 6.09. The second kappa shape index (κ2) is 6.00. The van der Waals surface area contributed by atoms with Gasteiger partial charge in [0.15, 0.2) is 6.10 Å². The second-order valence-corrected chi connectivity index (χ2v) is 4.30. The van der Waals surface area contributed by atoms with E-state index < -0.39 is 6.10 Å². The van der Waals surface area contributed by atoms with Gasteiger partial charge in [0.05, 0.1) is 11.9 Å². The molecule has 0 saturated heterocycles. The molecule has 2 aromatic rings. The minimum atomic E-state index is -0.567. The van der Waals surface area contributed by atoms with E-state index in [1.165, 1.54) is 0 Å². The molecule has 0 unspecified atom stereocenters. The molecule has 1 aromatic carbocycles. The van der Waals surface area contributed by atoms with Crippen LogP contribution in [-0.4, -0.2) is 17.0 Å². The molecule has 0 aliphatic carbocycles. The lowest BCUT2D eigenvalue weighted by Crippen LogP contribution is -2.30. The largest absolute Gasteiger partial charge is 0.481 e. The van der Waals surface area contributed by atoms with E-state index >= 15 is 0 Å². The van der Waals surface area contributed by atoms with E-state index in [9.17, 15) is 4.79 Å². The average molecular weight is 256 g/mol. The topological polar surface area (TPSA) is 51.2 Å². The van der Waals surface area contributed by atoms with E-state index in [2.05, 4.69) is 10.3 Å². The van der Waals surface area contributed by atoms with Gasteiger partial charge in [-0.15, -0.1) is 0 Å². The monoisotopic (exact) mass is 256 g/mol. The number of rotatable bonds is 4. The lowest BCUT2D eigenvalue weighted by molar-refractivity contribution is -0.122. The maximum atomic E-state index is 11.9. The van der Waals surface area contributed by atoms with E-state index in [-0.39, 0.29) is 5.91 Å². The van der Waals surface area contributed by atoms with Crippen LogP contribution in [0.4, 0.5) is 5.69 Å². The van der Waals surface area contributed by atoms with Gasteiger partial charge in [0.1, 0.15) is 5.75 Å². The van der Waals surface area contributed by atoms with Gasteiger partial charge in [0.2, 0.25) is 0 Å². The first kappa shape index (κ1) is 13.1. The minimum Gasteiger partial charge on any atom is -0.481 e. The van der Waals surface area contributed by atoms with Crippen molar-refractivity contribution >= 4 is 11.6 Å². The molecule has 0 aliphatic rings. The van der Waals surface area contributed by atoms with Crippen molar-refractivity contribution in [2.45, 2.75) is 20.0 Å². The molecule has 0 bridgehead atoms. The molecule has 1 atom stereocenters. The summed E-state index contributed by atoms with van der Waals surface area (Å²) in [5, 5.41) is 2.75. The quantitative estimate of drug-likeness (QED) is 0.915. The van der Waals surface area contributed by atoms with Crippen LogP contribution in [0.2, 0.25) is 0 Å². The third kappa shape index (κ3) is 3.81. The van der Waals surface area contributed by atoms with Gasteiger partial charge in [-0.05, 0) is 38.1 Å². The Hall–Kier alpha value is -2.36. The number of anilines is 1. The van der Waals surface area contributed by atoms with E-state index in [0.717, 1.165) is 5.56 Å². The summed E-state index contributed by atoms with van der Waals surface area (Å²) < 4.78 is 5.57. The highest BCUT2D eigenvalue weighted by Crippen LogP contribution is 2.14. The Kier molecular flexibility index (Phi) is 4.13. The number of hydrogen-bond acceptors (Lipinski definition) is 3. The van der Waals surface area contributed by atoms with Crippen LogP contribution < -0.4 is 10.1 Å². The molecule has 0 aliphatic heterocycles. The smallest absolute Gasteiger partial charge is 0.265 e. The highest BCUT2D eigenvalue weighted by Gasteiger charge is 2.14. The highest BCUT2D eigenvalue weighted by molar-refractivity contribution is 5.93. The Labute approximate surface area is 112 Å². The van der Waals surface area contributed by atoms with Gasteiger partial charge in [-0.2, -0.15) is 0 Å². The number of benzene rings is 1. The molecule has 1 amide bonds. The second-order valence-electron chi connectivity index (χ2n) is 4.30. The molecule has 0 spiro atoms. The van der Waals surface area contributed by atoms with Gasteiger partial charge < -0.3 is 10.1 Å². The number of hydrogen-bond donors (Lipinski definition) is 1. The Balaban J connectivity index is 1.94. The van der Waals surface area contributed by atoms with Gasteiger partial charge in [-0.1, -0.05) is 17.7 Å². The van der Waals surface area contributed by atoms with Crippen molar-refractivity contribution in [1.29, 1.82) is 0 Å². The Morgan fingerprint density at radius 2 is 2.00 bits per heavy atom. The number of pyridine rings is 1. The van der Waals surface area contributed by atoms with Gasteiger partial charge in [-0.25, -0.2) is 0 Å². The van der Waals surface area contributed by atoms with Crippen LogP contribution >= 0.6 is 0 Å². The molecule has 0 radical (unpaired) electrons. The molecule has 1 aromatic heterocycles. The summed E-state index contributed by atoms with van der Waals surface area (Å²) in [6, 6.07) is 11.1. The summed E-state index contributed by atoms with van der Waals surface area (Å²) in [4.78, 5) is 15.9. The number of nitrogens with one attached hydrogen (secondary N) is 1. The standard InChI is InChI=1S/C15H16N2O2/c1-11-5-7-14(8-6-11)19-12(2)15(18)17-13-4-3-9-16-10-13/h3-10,12H,1-2H3,(H,17,18)/t12-/m0/s1. The van der Waals surface area contributed by atoms with Crippen LogP contribution in [0.15, 0.2) is 48.8 Å². The predicted octanol–water partition coefficient (Wildman–Crippen LogP) is 2.80. The molecule has 0 fully saturated rings. The lowest BCUT2D eigenvalue weighted by Gasteiger charge is -2.14. The normalized spacial score (nSPS) is 11.7. The number of nitrogens with zero attached hydrogens (tertiary/aromatic N) is 1. The van der Waals surface area contributed by atoms with Crippen molar-refractivity contribution in [3.05, 3.63) is 54.4 Å². The predicted molar refractivity (Wildman–Crippen MR) is 74.1 cm³/mol. The zero-order valence-corrected chi connectivity index (χ0v) is 11.0. The van der Waals surface area contributed by atoms with Crippen molar-refractivity contribution in [3.63, 3.8) is 0 Å². The number of carbonyl (C=O) groups is 1. The fourth-order valence-electron chi connectivity index (χ4n) is 1.56. The van der Waals surface area contributed by atoms with Crippen LogP contribution in [0, 0.1) is 6.92 Å². The zero-order valence-electron chi connectivity index (χ0n) is 11.0. The summed E-state index contributed by atoms with van der Waals surface area (Å²) in [6.45, 7) is 3.72. The van der Waals surface area contributed by atoms with E-state index in [0.29, 0.717) is 11.4 Å². The molecule has 98 valence electrons. The molecule has 4 nitrogen and oxygen atoms in total. The summed E-state index contributed by atoms with van der Waals surface area (Å²) >= 11 is 0. The Morgan fingerprint density at radius 3 is 2.63 bits per heavy atom. The fraction of sp³-hybridized carbons (Fsp3) is 0.200. The fourth-order valence-corrected chi connectivity index (χ4v) is 1.56. The summed E-state index contributed by atoms with van der Waals surface area (Å²) in [5.74, 6) is 0.480. The first-order valence-electron chi connectivity index (χ1n) is 6.09. The number of ether oxygens (including phenoxy) is 1. The summed E-state index contributed by atoms with van der Waals surface area (Å²) in [7, 11) is 0. The van der Waals surface area contributed by atoms with Crippen LogP contribution in [0.1, 0.15) is 12.5 Å². The molecular formula is C15H16N2O2.